The molecule has 0 atom stereocenters. The van der Waals surface area contributed by atoms with Crippen molar-refractivity contribution in [3.8, 4) is 0 Å². The number of hydrogen-bond donors (Lipinski definition) is 1. The molecule has 1 saturated carbocycles. The third kappa shape index (κ3) is 3.70. The van der Waals surface area contributed by atoms with E-state index in [2.05, 4.69) is 20.1 Å². The lowest BCUT2D eigenvalue weighted by Gasteiger charge is -2.36. The molecule has 0 aromatic carbocycles. The van der Waals surface area contributed by atoms with Crippen molar-refractivity contribution in [2.24, 2.45) is 5.92 Å². The summed E-state index contributed by atoms with van der Waals surface area (Å²) in [5.74, 6) is 0.527. The lowest BCUT2D eigenvalue weighted by molar-refractivity contribution is -0.127. The third-order valence-corrected chi connectivity index (χ3v) is 4.96. The molecular weight excluding hydrogens is 300 g/mol. The summed E-state index contributed by atoms with van der Waals surface area (Å²) in [7, 11) is 0. The molecule has 6 heteroatoms. The van der Waals surface area contributed by atoms with Gasteiger partial charge in [0.15, 0.2) is 0 Å². The summed E-state index contributed by atoms with van der Waals surface area (Å²) < 4.78 is 0. The summed E-state index contributed by atoms with van der Waals surface area (Å²) in [5, 5.41) is 3.77. The van der Waals surface area contributed by atoms with E-state index in [-0.39, 0.29) is 11.8 Å². The number of halogens is 1. The summed E-state index contributed by atoms with van der Waals surface area (Å²) in [6, 6.07) is 1.97. The molecule has 1 N–H and O–H groups in total. The predicted octanol–water partition coefficient (Wildman–Crippen LogP) is 1.77. The number of piperazine rings is 1. The van der Waals surface area contributed by atoms with Crippen molar-refractivity contribution < 1.29 is 4.79 Å². The smallest absolute Gasteiger partial charge is 0.223 e. The van der Waals surface area contributed by atoms with E-state index in [1.807, 2.05) is 6.07 Å². The molecule has 1 aromatic heterocycles. The van der Waals surface area contributed by atoms with E-state index in [0.717, 1.165) is 57.8 Å². The number of carbonyl (C=O) groups excluding carboxylic acids is 1. The summed E-state index contributed by atoms with van der Waals surface area (Å²) in [6.45, 7) is 5.60. The number of nitrogens with one attached hydrogen (secondary N) is 1. The van der Waals surface area contributed by atoms with Gasteiger partial charge in [-0.2, -0.15) is 0 Å². The highest BCUT2D eigenvalue weighted by Gasteiger charge is 2.25. The maximum atomic E-state index is 11.8. The summed E-state index contributed by atoms with van der Waals surface area (Å²) in [4.78, 5) is 20.5. The SMILES string of the molecule is O=C(NCCN1CCN(c2ccncc2Cl)CC1)C1CCC1. The lowest BCUT2D eigenvalue weighted by atomic mass is 9.85. The number of aromatic nitrogens is 1. The summed E-state index contributed by atoms with van der Waals surface area (Å²) >= 11 is 6.20. The number of nitrogens with zero attached hydrogens (tertiary/aromatic N) is 3. The van der Waals surface area contributed by atoms with E-state index < -0.39 is 0 Å². The highest BCUT2D eigenvalue weighted by atomic mass is 35.5. The molecule has 1 aliphatic carbocycles. The number of hydrogen-bond acceptors (Lipinski definition) is 4. The van der Waals surface area contributed by atoms with Crippen molar-refractivity contribution >= 4 is 23.2 Å². The van der Waals surface area contributed by atoms with Crippen LogP contribution in [-0.4, -0.2) is 55.1 Å². The molecule has 1 aromatic rings. The van der Waals surface area contributed by atoms with Gasteiger partial charge in [0, 0.05) is 57.6 Å². The Bertz CT molecular complexity index is 513. The van der Waals surface area contributed by atoms with Gasteiger partial charge >= 0.3 is 0 Å². The van der Waals surface area contributed by atoms with E-state index in [4.69, 9.17) is 11.6 Å². The van der Waals surface area contributed by atoms with Crippen LogP contribution in [0.25, 0.3) is 0 Å². The molecule has 0 bridgehead atoms. The fourth-order valence-electron chi connectivity index (χ4n) is 2.99. The second-order valence-corrected chi connectivity index (χ2v) is 6.48. The van der Waals surface area contributed by atoms with Gasteiger partial charge in [-0.15, -0.1) is 0 Å². The molecule has 0 unspecified atom stereocenters. The zero-order valence-electron chi connectivity index (χ0n) is 12.8. The standard InChI is InChI=1S/C16H23ClN4O/c17-14-12-18-5-4-15(14)21-10-8-20(9-11-21)7-6-19-16(22)13-2-1-3-13/h4-5,12-13H,1-3,6-11H2,(H,19,22). The molecule has 0 spiro atoms. The molecule has 0 radical (unpaired) electrons. The average molecular weight is 323 g/mol. The van der Waals surface area contributed by atoms with Crippen molar-refractivity contribution in [2.75, 3.05) is 44.2 Å². The second-order valence-electron chi connectivity index (χ2n) is 6.07. The molecule has 1 aliphatic heterocycles. The maximum Gasteiger partial charge on any atom is 0.223 e. The predicted molar refractivity (Wildman–Crippen MR) is 88.3 cm³/mol. The van der Waals surface area contributed by atoms with Gasteiger partial charge in [0.1, 0.15) is 0 Å². The second kappa shape index (κ2) is 7.29. The molecule has 1 amide bonds. The Kier molecular flexibility index (Phi) is 5.16. The highest BCUT2D eigenvalue weighted by molar-refractivity contribution is 6.33. The molecule has 22 heavy (non-hydrogen) atoms. The molecule has 5 nitrogen and oxygen atoms in total. The van der Waals surface area contributed by atoms with Crippen LogP contribution < -0.4 is 10.2 Å². The van der Waals surface area contributed by atoms with Gasteiger partial charge in [-0.1, -0.05) is 18.0 Å². The first-order chi connectivity index (χ1) is 10.7. The molecule has 3 rings (SSSR count). The average Bonchev–Trinajstić information content (AvgIpc) is 2.47. The molecule has 2 heterocycles. The van der Waals surface area contributed by atoms with Gasteiger partial charge in [0.25, 0.3) is 0 Å². The van der Waals surface area contributed by atoms with Crippen molar-refractivity contribution in [2.45, 2.75) is 19.3 Å². The summed E-state index contributed by atoms with van der Waals surface area (Å²) in [6.07, 6.45) is 6.81. The number of carbonyl (C=O) groups is 1. The first-order valence-corrected chi connectivity index (χ1v) is 8.46. The molecular formula is C16H23ClN4O. The fourth-order valence-corrected chi connectivity index (χ4v) is 3.23. The molecule has 1 saturated heterocycles. The third-order valence-electron chi connectivity index (χ3n) is 4.67. The first-order valence-electron chi connectivity index (χ1n) is 8.08. The minimum absolute atomic E-state index is 0.244. The van der Waals surface area contributed by atoms with Gasteiger partial charge in [0.05, 0.1) is 10.7 Å². The molecule has 2 aliphatic rings. The van der Waals surface area contributed by atoms with Gasteiger partial charge in [-0.25, -0.2) is 0 Å². The zero-order chi connectivity index (χ0) is 15.4. The normalized spacial score (nSPS) is 19.8. The minimum Gasteiger partial charge on any atom is -0.368 e. The Morgan fingerprint density at radius 1 is 1.32 bits per heavy atom. The van der Waals surface area contributed by atoms with Crippen molar-refractivity contribution in [1.82, 2.24) is 15.2 Å². The number of rotatable bonds is 5. The Labute approximate surface area is 136 Å². The van der Waals surface area contributed by atoms with Gasteiger partial charge in [0.2, 0.25) is 5.91 Å². The van der Waals surface area contributed by atoms with Crippen molar-refractivity contribution in [1.29, 1.82) is 0 Å². The van der Waals surface area contributed by atoms with Gasteiger partial charge in [-0.05, 0) is 18.9 Å². The van der Waals surface area contributed by atoms with Crippen LogP contribution in [-0.2, 0) is 4.79 Å². The van der Waals surface area contributed by atoms with Crippen LogP contribution in [0.15, 0.2) is 18.5 Å². The number of anilines is 1. The van der Waals surface area contributed by atoms with Crippen molar-refractivity contribution in [3.63, 3.8) is 0 Å². The van der Waals surface area contributed by atoms with E-state index in [0.29, 0.717) is 5.02 Å². The Morgan fingerprint density at radius 2 is 2.09 bits per heavy atom. The van der Waals surface area contributed by atoms with Crippen LogP contribution in [0.1, 0.15) is 19.3 Å². The van der Waals surface area contributed by atoms with E-state index in [1.165, 1.54) is 6.42 Å². The van der Waals surface area contributed by atoms with E-state index in [9.17, 15) is 4.79 Å². The quantitative estimate of drug-likeness (QED) is 0.897. The topological polar surface area (TPSA) is 48.5 Å². The first kappa shape index (κ1) is 15.6. The fraction of sp³-hybridized carbons (Fsp3) is 0.625. The number of pyridine rings is 1. The van der Waals surface area contributed by atoms with Crippen LogP contribution in [0.4, 0.5) is 5.69 Å². The molecule has 120 valence electrons. The Morgan fingerprint density at radius 3 is 2.73 bits per heavy atom. The monoisotopic (exact) mass is 322 g/mol. The van der Waals surface area contributed by atoms with Crippen LogP contribution in [0.2, 0.25) is 5.02 Å². The van der Waals surface area contributed by atoms with Gasteiger partial charge in [-0.3, -0.25) is 14.7 Å². The summed E-state index contributed by atoms with van der Waals surface area (Å²) in [5.41, 5.74) is 1.06. The van der Waals surface area contributed by atoms with E-state index in [1.54, 1.807) is 12.4 Å². The highest BCUT2D eigenvalue weighted by Crippen LogP contribution is 2.26. The zero-order valence-corrected chi connectivity index (χ0v) is 13.6. The van der Waals surface area contributed by atoms with Crippen molar-refractivity contribution in [3.05, 3.63) is 23.5 Å². The Hall–Kier alpha value is -1.33. The minimum atomic E-state index is 0.244. The van der Waals surface area contributed by atoms with E-state index >= 15 is 0 Å². The van der Waals surface area contributed by atoms with Crippen LogP contribution >= 0.6 is 11.6 Å². The number of amides is 1. The van der Waals surface area contributed by atoms with Gasteiger partial charge < -0.3 is 10.2 Å². The largest absolute Gasteiger partial charge is 0.368 e. The van der Waals surface area contributed by atoms with Crippen LogP contribution in [0.3, 0.4) is 0 Å². The maximum absolute atomic E-state index is 11.8. The lowest BCUT2D eigenvalue weighted by Crippen LogP contribution is -2.49. The Balaban J connectivity index is 1.38. The van der Waals surface area contributed by atoms with Crippen LogP contribution in [0, 0.1) is 5.92 Å². The van der Waals surface area contributed by atoms with Crippen LogP contribution in [0.5, 0.6) is 0 Å². The molecule has 2 fully saturated rings.